The van der Waals surface area contributed by atoms with E-state index in [9.17, 15) is 13.2 Å². The average Bonchev–Trinajstić information content (AvgIpc) is 2.66. The molecular weight excluding hydrogens is 372 g/mol. The summed E-state index contributed by atoms with van der Waals surface area (Å²) in [7, 11) is 1.19. The number of nitrogens with zero attached hydrogens (tertiary/aromatic N) is 1. The van der Waals surface area contributed by atoms with E-state index in [0.29, 0.717) is 22.8 Å². The average molecular weight is 392 g/mol. The van der Waals surface area contributed by atoms with Gasteiger partial charge in [-0.2, -0.15) is 5.10 Å². The SMILES string of the molecule is COc1cc(/C=N/NC(=O)c2ccc(S(C)(=O)=O)cc2)cc(OC)c1OC. The molecule has 2 rings (SSSR count). The number of hydrazone groups is 1. The molecule has 0 radical (unpaired) electrons. The number of benzene rings is 2. The van der Waals surface area contributed by atoms with Crippen molar-refractivity contribution in [1.29, 1.82) is 0 Å². The summed E-state index contributed by atoms with van der Waals surface area (Å²) in [4.78, 5) is 12.2. The molecule has 0 aliphatic rings. The molecule has 0 spiro atoms. The zero-order valence-corrected chi connectivity index (χ0v) is 16.2. The number of hydrogen-bond donors (Lipinski definition) is 1. The van der Waals surface area contributed by atoms with Crippen molar-refractivity contribution in [2.45, 2.75) is 4.90 Å². The Bertz CT molecular complexity index is 927. The molecule has 0 bridgehead atoms. The standard InChI is InChI=1S/C18H20N2O6S/c1-24-15-9-12(10-16(25-2)17(15)26-3)11-19-20-18(21)13-5-7-14(8-6-13)27(4,22)23/h5-11H,1-4H3,(H,20,21)/b19-11+. The van der Waals surface area contributed by atoms with Crippen LogP contribution in [0.15, 0.2) is 46.4 Å². The van der Waals surface area contributed by atoms with Gasteiger partial charge in [-0.3, -0.25) is 4.79 Å². The van der Waals surface area contributed by atoms with Crippen molar-refractivity contribution in [3.8, 4) is 17.2 Å². The van der Waals surface area contributed by atoms with Gasteiger partial charge < -0.3 is 14.2 Å². The van der Waals surface area contributed by atoms with Crippen molar-refractivity contribution < 1.29 is 27.4 Å². The molecule has 0 aromatic heterocycles. The molecule has 0 unspecified atom stereocenters. The molecule has 2 aromatic carbocycles. The normalized spacial score (nSPS) is 11.3. The van der Waals surface area contributed by atoms with E-state index in [1.54, 1.807) is 12.1 Å². The number of sulfone groups is 1. The molecule has 9 heteroatoms. The smallest absolute Gasteiger partial charge is 0.271 e. The maximum atomic E-state index is 12.1. The first-order valence-electron chi connectivity index (χ1n) is 7.73. The third-order valence-electron chi connectivity index (χ3n) is 3.61. The highest BCUT2D eigenvalue weighted by Gasteiger charge is 2.13. The molecule has 1 N–H and O–H groups in total. The number of hydrogen-bond acceptors (Lipinski definition) is 7. The topological polar surface area (TPSA) is 103 Å². The molecule has 0 fully saturated rings. The Morgan fingerprint density at radius 2 is 1.56 bits per heavy atom. The minimum Gasteiger partial charge on any atom is -0.493 e. The quantitative estimate of drug-likeness (QED) is 0.570. The maximum Gasteiger partial charge on any atom is 0.271 e. The van der Waals surface area contributed by atoms with Gasteiger partial charge in [0.05, 0.1) is 32.4 Å². The number of carbonyl (C=O) groups is 1. The third-order valence-corrected chi connectivity index (χ3v) is 4.74. The van der Waals surface area contributed by atoms with E-state index >= 15 is 0 Å². The van der Waals surface area contributed by atoms with E-state index in [2.05, 4.69) is 10.5 Å². The summed E-state index contributed by atoms with van der Waals surface area (Å²) in [5.74, 6) is 0.896. The van der Waals surface area contributed by atoms with Crippen LogP contribution in [0.5, 0.6) is 17.2 Å². The van der Waals surface area contributed by atoms with Crippen LogP contribution in [-0.4, -0.2) is 48.1 Å². The van der Waals surface area contributed by atoms with Crippen molar-refractivity contribution in [1.82, 2.24) is 5.43 Å². The van der Waals surface area contributed by atoms with Crippen LogP contribution < -0.4 is 19.6 Å². The lowest BCUT2D eigenvalue weighted by atomic mass is 10.2. The predicted molar refractivity (Wildman–Crippen MR) is 101 cm³/mol. The molecule has 0 saturated carbocycles. The van der Waals surface area contributed by atoms with Crippen molar-refractivity contribution in [3.05, 3.63) is 47.5 Å². The van der Waals surface area contributed by atoms with Crippen LogP contribution in [0.3, 0.4) is 0 Å². The molecule has 2 aromatic rings. The van der Waals surface area contributed by atoms with E-state index in [4.69, 9.17) is 14.2 Å². The Balaban J connectivity index is 2.14. The highest BCUT2D eigenvalue weighted by molar-refractivity contribution is 7.90. The molecule has 0 heterocycles. The number of rotatable bonds is 7. The van der Waals surface area contributed by atoms with Gasteiger partial charge in [0, 0.05) is 17.4 Å². The van der Waals surface area contributed by atoms with Gasteiger partial charge in [0.25, 0.3) is 5.91 Å². The largest absolute Gasteiger partial charge is 0.493 e. The second-order valence-electron chi connectivity index (χ2n) is 5.45. The summed E-state index contributed by atoms with van der Waals surface area (Å²) >= 11 is 0. The molecule has 1 amide bonds. The maximum absolute atomic E-state index is 12.1. The van der Waals surface area contributed by atoms with Crippen LogP contribution in [-0.2, 0) is 9.84 Å². The third kappa shape index (κ3) is 4.98. The van der Waals surface area contributed by atoms with Crippen molar-refractivity contribution in [2.75, 3.05) is 27.6 Å². The minimum absolute atomic E-state index is 0.139. The number of methoxy groups -OCH3 is 3. The first-order valence-corrected chi connectivity index (χ1v) is 9.62. The van der Waals surface area contributed by atoms with Crippen LogP contribution in [0.2, 0.25) is 0 Å². The highest BCUT2D eigenvalue weighted by atomic mass is 32.2. The van der Waals surface area contributed by atoms with Crippen LogP contribution >= 0.6 is 0 Å². The van der Waals surface area contributed by atoms with Gasteiger partial charge in [0.15, 0.2) is 21.3 Å². The summed E-state index contributed by atoms with van der Waals surface area (Å²) < 4.78 is 38.6. The second kappa shape index (κ2) is 8.54. The van der Waals surface area contributed by atoms with Crippen molar-refractivity contribution >= 4 is 22.0 Å². The van der Waals surface area contributed by atoms with E-state index < -0.39 is 15.7 Å². The molecular formula is C18H20N2O6S. The van der Waals surface area contributed by atoms with Gasteiger partial charge in [-0.1, -0.05) is 0 Å². The van der Waals surface area contributed by atoms with E-state index in [-0.39, 0.29) is 10.5 Å². The monoisotopic (exact) mass is 392 g/mol. The van der Waals surface area contributed by atoms with Gasteiger partial charge in [-0.15, -0.1) is 0 Å². The summed E-state index contributed by atoms with van der Waals surface area (Å²) in [6.07, 6.45) is 2.52. The number of ether oxygens (including phenoxy) is 3. The molecule has 0 aliphatic heterocycles. The lowest BCUT2D eigenvalue weighted by Gasteiger charge is -2.12. The molecule has 0 atom stereocenters. The zero-order valence-electron chi connectivity index (χ0n) is 15.3. The van der Waals surface area contributed by atoms with E-state index in [1.165, 1.54) is 51.8 Å². The van der Waals surface area contributed by atoms with Crippen LogP contribution in [0.4, 0.5) is 0 Å². The Morgan fingerprint density at radius 1 is 1.00 bits per heavy atom. The lowest BCUT2D eigenvalue weighted by Crippen LogP contribution is -2.17. The van der Waals surface area contributed by atoms with Crippen molar-refractivity contribution in [3.63, 3.8) is 0 Å². The number of carbonyl (C=O) groups excluding carboxylic acids is 1. The molecule has 8 nitrogen and oxygen atoms in total. The zero-order chi connectivity index (χ0) is 20.0. The van der Waals surface area contributed by atoms with Crippen LogP contribution in [0, 0.1) is 0 Å². The van der Waals surface area contributed by atoms with E-state index in [0.717, 1.165) is 6.26 Å². The Labute approximate surface area is 157 Å². The Morgan fingerprint density at radius 3 is 2.00 bits per heavy atom. The minimum atomic E-state index is -3.31. The van der Waals surface area contributed by atoms with Crippen LogP contribution in [0.1, 0.15) is 15.9 Å². The summed E-state index contributed by atoms with van der Waals surface area (Å²) in [5.41, 5.74) is 3.28. The molecule has 0 saturated heterocycles. The summed E-state index contributed by atoms with van der Waals surface area (Å²) in [5, 5.41) is 3.90. The van der Waals surface area contributed by atoms with Gasteiger partial charge in [0.2, 0.25) is 5.75 Å². The Kier molecular flexibility index (Phi) is 6.40. The molecule has 0 aliphatic carbocycles. The fourth-order valence-electron chi connectivity index (χ4n) is 2.26. The number of nitrogens with one attached hydrogen (secondary N) is 1. The lowest BCUT2D eigenvalue weighted by molar-refractivity contribution is 0.0955. The predicted octanol–water partition coefficient (Wildman–Crippen LogP) is 1.88. The highest BCUT2D eigenvalue weighted by Crippen LogP contribution is 2.37. The summed E-state index contributed by atoms with van der Waals surface area (Å²) in [6.45, 7) is 0. The molecule has 27 heavy (non-hydrogen) atoms. The fraction of sp³-hybridized carbons (Fsp3) is 0.222. The van der Waals surface area contributed by atoms with Crippen molar-refractivity contribution in [2.24, 2.45) is 5.10 Å². The van der Waals surface area contributed by atoms with Gasteiger partial charge in [0.1, 0.15) is 0 Å². The first-order chi connectivity index (χ1) is 12.8. The Hall–Kier alpha value is -3.07. The van der Waals surface area contributed by atoms with Gasteiger partial charge in [-0.05, 0) is 36.4 Å². The number of amides is 1. The first kappa shape index (κ1) is 20.2. The fourth-order valence-corrected chi connectivity index (χ4v) is 2.89. The second-order valence-corrected chi connectivity index (χ2v) is 7.47. The molecule has 144 valence electrons. The van der Waals surface area contributed by atoms with E-state index in [1.807, 2.05) is 0 Å². The summed E-state index contributed by atoms with van der Waals surface area (Å²) in [6, 6.07) is 8.93. The van der Waals surface area contributed by atoms with Gasteiger partial charge >= 0.3 is 0 Å². The van der Waals surface area contributed by atoms with Crippen LogP contribution in [0.25, 0.3) is 0 Å². The van der Waals surface area contributed by atoms with Gasteiger partial charge in [-0.25, -0.2) is 13.8 Å².